The van der Waals surface area contributed by atoms with E-state index in [1.165, 1.54) is 0 Å². The van der Waals surface area contributed by atoms with Gasteiger partial charge in [0.1, 0.15) is 23.0 Å². The summed E-state index contributed by atoms with van der Waals surface area (Å²) in [5, 5.41) is 0. The zero-order chi connectivity index (χ0) is 21.0. The van der Waals surface area contributed by atoms with Crippen molar-refractivity contribution in [1.29, 1.82) is 0 Å². The minimum Gasteiger partial charge on any atom is -0.497 e. The first-order valence-corrected chi connectivity index (χ1v) is 9.10. The third-order valence-electron chi connectivity index (χ3n) is 4.30. The first kappa shape index (κ1) is 20.3. The highest BCUT2D eigenvalue weighted by Crippen LogP contribution is 2.36. The second kappa shape index (κ2) is 8.68. The smallest absolute Gasteiger partial charge is 0.347 e. The maximum Gasteiger partial charge on any atom is 0.347 e. The molecule has 1 aliphatic rings. The van der Waals surface area contributed by atoms with Crippen LogP contribution in [0.5, 0.6) is 23.0 Å². The van der Waals surface area contributed by atoms with E-state index in [-0.39, 0.29) is 18.1 Å². The summed E-state index contributed by atoms with van der Waals surface area (Å²) in [5.74, 6) is 1.41. The highest BCUT2D eigenvalue weighted by Gasteiger charge is 2.28. The summed E-state index contributed by atoms with van der Waals surface area (Å²) >= 11 is 0. The Hall–Kier alpha value is -3.48. The summed E-state index contributed by atoms with van der Waals surface area (Å²) in [6.45, 7) is 3.60. The number of Topliss-reactive ketones (excluding diaryl/α,β-unsaturated/α-hetero) is 1. The number of hydrogen-bond donors (Lipinski definition) is 0. The molecule has 3 rings (SSSR count). The van der Waals surface area contributed by atoms with Crippen molar-refractivity contribution >= 4 is 17.8 Å². The minimum absolute atomic E-state index is 0.155. The van der Waals surface area contributed by atoms with Crippen LogP contribution < -0.4 is 18.9 Å². The number of ketones is 1. The van der Waals surface area contributed by atoms with E-state index >= 15 is 0 Å². The monoisotopic (exact) mass is 398 g/mol. The minimum atomic E-state index is -0.777. The van der Waals surface area contributed by atoms with Gasteiger partial charge in [-0.25, -0.2) is 4.79 Å². The summed E-state index contributed by atoms with van der Waals surface area (Å²) in [5.41, 5.74) is 1.06. The Kier molecular flexibility index (Phi) is 6.07. The number of fused-ring (bicyclic) bond motifs is 1. The Bertz CT molecular complexity index is 962. The topological polar surface area (TPSA) is 80.3 Å². The lowest BCUT2D eigenvalue weighted by molar-refractivity contribution is -0.150. The quantitative estimate of drug-likeness (QED) is 0.520. The maximum absolute atomic E-state index is 12.7. The molecule has 152 valence electrons. The number of hydrogen-bond acceptors (Lipinski definition) is 7. The number of allylic oxidation sites excluding steroid dienone is 1. The van der Waals surface area contributed by atoms with Crippen molar-refractivity contribution in [3.63, 3.8) is 0 Å². The molecule has 2 aromatic carbocycles. The zero-order valence-electron chi connectivity index (χ0n) is 16.7. The van der Waals surface area contributed by atoms with E-state index in [0.717, 1.165) is 0 Å². The van der Waals surface area contributed by atoms with Gasteiger partial charge in [-0.3, -0.25) is 4.79 Å². The molecule has 7 nitrogen and oxygen atoms in total. The standard InChI is InChI=1S/C22H22O7/c1-5-27-22(24)13(2)28-16-6-8-17-19(12-16)29-20(21(17)23)11-14-10-15(25-3)7-9-18(14)26-4/h6-13H,5H2,1-4H3. The fourth-order valence-corrected chi connectivity index (χ4v) is 2.85. The van der Waals surface area contributed by atoms with E-state index in [1.807, 2.05) is 0 Å². The molecule has 0 radical (unpaired) electrons. The molecule has 2 aromatic rings. The maximum atomic E-state index is 12.7. The Morgan fingerprint density at radius 3 is 2.55 bits per heavy atom. The van der Waals surface area contributed by atoms with Gasteiger partial charge in [-0.1, -0.05) is 0 Å². The van der Waals surface area contributed by atoms with Crippen molar-refractivity contribution < 1.29 is 33.3 Å². The van der Waals surface area contributed by atoms with Crippen molar-refractivity contribution in [2.75, 3.05) is 20.8 Å². The van der Waals surface area contributed by atoms with Gasteiger partial charge in [-0.2, -0.15) is 0 Å². The van der Waals surface area contributed by atoms with Crippen molar-refractivity contribution in [2.45, 2.75) is 20.0 Å². The van der Waals surface area contributed by atoms with E-state index < -0.39 is 12.1 Å². The SMILES string of the molecule is CCOC(=O)C(C)Oc1ccc2c(c1)OC(=Cc1cc(OC)ccc1OC)C2=O. The highest BCUT2D eigenvalue weighted by molar-refractivity contribution is 6.14. The number of carbonyl (C=O) groups excluding carboxylic acids is 2. The third-order valence-corrected chi connectivity index (χ3v) is 4.30. The van der Waals surface area contributed by atoms with Crippen LogP contribution >= 0.6 is 0 Å². The number of carbonyl (C=O) groups is 2. The van der Waals surface area contributed by atoms with Crippen LogP contribution in [0.4, 0.5) is 0 Å². The van der Waals surface area contributed by atoms with Gasteiger partial charge in [0.25, 0.3) is 0 Å². The predicted molar refractivity (Wildman–Crippen MR) is 106 cm³/mol. The molecule has 0 saturated carbocycles. The van der Waals surface area contributed by atoms with E-state index in [2.05, 4.69) is 0 Å². The van der Waals surface area contributed by atoms with E-state index in [0.29, 0.717) is 34.1 Å². The fourth-order valence-electron chi connectivity index (χ4n) is 2.85. The molecule has 7 heteroatoms. The molecule has 0 spiro atoms. The second-order valence-electron chi connectivity index (χ2n) is 6.22. The van der Waals surface area contributed by atoms with Gasteiger partial charge in [-0.05, 0) is 50.3 Å². The first-order valence-electron chi connectivity index (χ1n) is 9.10. The van der Waals surface area contributed by atoms with Crippen molar-refractivity contribution in [3.8, 4) is 23.0 Å². The van der Waals surface area contributed by atoms with Crippen molar-refractivity contribution in [1.82, 2.24) is 0 Å². The lowest BCUT2D eigenvalue weighted by Crippen LogP contribution is -2.26. The highest BCUT2D eigenvalue weighted by atomic mass is 16.6. The van der Waals surface area contributed by atoms with Crippen LogP contribution in [-0.4, -0.2) is 38.7 Å². The molecule has 1 atom stereocenters. The molecule has 0 fully saturated rings. The summed E-state index contributed by atoms with van der Waals surface area (Å²) in [7, 11) is 3.11. The molecule has 0 bridgehead atoms. The van der Waals surface area contributed by atoms with Crippen LogP contribution in [0.2, 0.25) is 0 Å². The lowest BCUT2D eigenvalue weighted by atomic mass is 10.1. The summed E-state index contributed by atoms with van der Waals surface area (Å²) in [6, 6.07) is 10.1. The molecule has 1 aliphatic heterocycles. The Morgan fingerprint density at radius 1 is 1.10 bits per heavy atom. The van der Waals surface area contributed by atoms with Crippen LogP contribution in [0.3, 0.4) is 0 Å². The molecule has 29 heavy (non-hydrogen) atoms. The van der Waals surface area contributed by atoms with Gasteiger partial charge in [0.05, 0.1) is 26.4 Å². The number of benzene rings is 2. The van der Waals surface area contributed by atoms with E-state index in [1.54, 1.807) is 70.5 Å². The van der Waals surface area contributed by atoms with Gasteiger partial charge in [-0.15, -0.1) is 0 Å². The number of esters is 1. The molecule has 1 heterocycles. The van der Waals surface area contributed by atoms with Crippen LogP contribution in [0, 0.1) is 0 Å². The predicted octanol–water partition coefficient (Wildman–Crippen LogP) is 3.65. The normalized spacial score (nSPS) is 14.8. The van der Waals surface area contributed by atoms with Gasteiger partial charge in [0, 0.05) is 11.6 Å². The first-order chi connectivity index (χ1) is 14.0. The number of methoxy groups -OCH3 is 2. The zero-order valence-corrected chi connectivity index (χ0v) is 16.7. The average molecular weight is 398 g/mol. The molecule has 0 amide bonds. The summed E-state index contributed by atoms with van der Waals surface area (Å²) in [4.78, 5) is 24.4. The molecule has 0 saturated heterocycles. The fraction of sp³-hybridized carbons (Fsp3) is 0.273. The van der Waals surface area contributed by atoms with E-state index in [4.69, 9.17) is 23.7 Å². The van der Waals surface area contributed by atoms with Gasteiger partial charge >= 0.3 is 5.97 Å². The summed E-state index contributed by atoms with van der Waals surface area (Å²) in [6.07, 6.45) is 0.826. The van der Waals surface area contributed by atoms with Crippen LogP contribution in [0.25, 0.3) is 6.08 Å². The number of ether oxygens (including phenoxy) is 5. The molecule has 0 aliphatic carbocycles. The molecule has 1 unspecified atom stereocenters. The largest absolute Gasteiger partial charge is 0.497 e. The summed E-state index contributed by atoms with van der Waals surface area (Å²) < 4.78 is 26.8. The molecular weight excluding hydrogens is 376 g/mol. The van der Waals surface area contributed by atoms with Crippen LogP contribution in [-0.2, 0) is 9.53 Å². The van der Waals surface area contributed by atoms with Crippen LogP contribution in [0.15, 0.2) is 42.2 Å². The Balaban J connectivity index is 1.84. The van der Waals surface area contributed by atoms with Gasteiger partial charge in [0.15, 0.2) is 11.9 Å². The average Bonchev–Trinajstić information content (AvgIpc) is 3.02. The molecule has 0 aromatic heterocycles. The van der Waals surface area contributed by atoms with Gasteiger partial charge < -0.3 is 23.7 Å². The van der Waals surface area contributed by atoms with E-state index in [9.17, 15) is 9.59 Å². The second-order valence-corrected chi connectivity index (χ2v) is 6.22. The lowest BCUT2D eigenvalue weighted by Gasteiger charge is -2.13. The number of rotatable bonds is 7. The molecule has 0 N–H and O–H groups in total. The Morgan fingerprint density at radius 2 is 1.86 bits per heavy atom. The Labute approximate surface area is 168 Å². The molecular formula is C22H22O7. The van der Waals surface area contributed by atoms with Crippen LogP contribution in [0.1, 0.15) is 29.8 Å². The van der Waals surface area contributed by atoms with Gasteiger partial charge in [0.2, 0.25) is 5.78 Å². The van der Waals surface area contributed by atoms with Crippen molar-refractivity contribution in [2.24, 2.45) is 0 Å². The third kappa shape index (κ3) is 4.34. The van der Waals surface area contributed by atoms with Crippen molar-refractivity contribution in [3.05, 3.63) is 53.3 Å².